The van der Waals surface area contributed by atoms with Gasteiger partial charge in [0.25, 0.3) is 0 Å². The molecule has 3 nitrogen and oxygen atoms in total. The minimum absolute atomic E-state index is 1.01. The SMILES string of the molecule is CC=Cc1ccc(N(c2ccccc2)c2ccccc2)cc1.CC=Cc1ccc2c(c1)c1ccccc1n2CC.Cc1ccc(N(c2ccccc2)c2ccccc2)cc1. The fourth-order valence-electron chi connectivity index (χ4n) is 7.53. The van der Waals surface area contributed by atoms with Gasteiger partial charge in [0.05, 0.1) is 0 Å². The summed E-state index contributed by atoms with van der Waals surface area (Å²) >= 11 is 0. The molecule has 0 bridgehead atoms. The minimum atomic E-state index is 1.01. The van der Waals surface area contributed by atoms with Crippen LogP contribution in [0.1, 0.15) is 37.5 Å². The van der Waals surface area contributed by atoms with Crippen LogP contribution >= 0.6 is 0 Å². The van der Waals surface area contributed by atoms with Gasteiger partial charge in [-0.15, -0.1) is 0 Å². The van der Waals surface area contributed by atoms with Gasteiger partial charge in [0.2, 0.25) is 0 Å². The van der Waals surface area contributed by atoms with Crippen LogP contribution in [0.5, 0.6) is 0 Å². The van der Waals surface area contributed by atoms with Gasteiger partial charge in [0, 0.05) is 62.5 Å². The lowest BCUT2D eigenvalue weighted by atomic mass is 10.1. The maximum Gasteiger partial charge on any atom is 0.0491 e. The zero-order valence-corrected chi connectivity index (χ0v) is 35.1. The Morgan fingerprint density at radius 3 is 1.20 bits per heavy atom. The minimum Gasteiger partial charge on any atom is -0.341 e. The highest BCUT2D eigenvalue weighted by atomic mass is 15.1. The van der Waals surface area contributed by atoms with Crippen LogP contribution in [0.25, 0.3) is 34.0 Å². The Labute approximate surface area is 356 Å². The first-order valence-electron chi connectivity index (χ1n) is 20.8. The molecule has 60 heavy (non-hydrogen) atoms. The molecule has 0 fully saturated rings. The number of benzene rings is 8. The molecule has 0 amide bonds. The van der Waals surface area contributed by atoms with Crippen molar-refractivity contribution in [3.8, 4) is 0 Å². The molecule has 0 unspecified atom stereocenters. The standard InChI is InChI=1S/C21H19N.C19H17N.C17H17N/c1-2-9-18-14-16-21(17-15-18)22(19-10-5-3-6-11-19)20-12-7-4-8-13-20;1-16-12-14-19(15-13-16)20(17-8-4-2-5-9-17)18-10-6-3-7-11-18;1-3-7-13-10-11-17-15(12-13)14-8-5-6-9-16(14)18(17)4-2/h2-17H,1H3;2-15H,1H3;3,5-12H,4H2,1-2H3. The zero-order chi connectivity index (χ0) is 41.5. The number of allylic oxidation sites excluding steroid dienone is 2. The van der Waals surface area contributed by atoms with Crippen LogP contribution in [-0.2, 0) is 6.54 Å². The van der Waals surface area contributed by atoms with Crippen molar-refractivity contribution in [3.63, 3.8) is 0 Å². The number of fused-ring (bicyclic) bond motifs is 3. The molecular weight excluding hydrogens is 727 g/mol. The monoisotopic (exact) mass is 779 g/mol. The molecule has 3 heteroatoms. The molecule has 1 aromatic heterocycles. The molecule has 296 valence electrons. The lowest BCUT2D eigenvalue weighted by molar-refractivity contribution is 0.827. The average Bonchev–Trinajstić information content (AvgIpc) is 3.63. The van der Waals surface area contributed by atoms with Crippen molar-refractivity contribution < 1.29 is 0 Å². The van der Waals surface area contributed by atoms with E-state index in [9.17, 15) is 0 Å². The number of rotatable bonds is 9. The van der Waals surface area contributed by atoms with Crippen molar-refractivity contribution in [2.45, 2.75) is 34.2 Å². The van der Waals surface area contributed by atoms with Crippen molar-refractivity contribution >= 4 is 68.1 Å². The van der Waals surface area contributed by atoms with Gasteiger partial charge in [0.1, 0.15) is 0 Å². The van der Waals surface area contributed by atoms with Crippen LogP contribution in [0.15, 0.2) is 224 Å². The summed E-state index contributed by atoms with van der Waals surface area (Å²) in [5, 5.41) is 2.70. The van der Waals surface area contributed by atoms with Crippen LogP contribution in [0.4, 0.5) is 34.1 Å². The van der Waals surface area contributed by atoms with E-state index in [4.69, 9.17) is 0 Å². The van der Waals surface area contributed by atoms with Crippen LogP contribution in [0.2, 0.25) is 0 Å². The highest BCUT2D eigenvalue weighted by molar-refractivity contribution is 6.08. The van der Waals surface area contributed by atoms with E-state index in [2.05, 4.69) is 247 Å². The highest BCUT2D eigenvalue weighted by Crippen LogP contribution is 2.36. The van der Waals surface area contributed by atoms with Gasteiger partial charge in [-0.3, -0.25) is 0 Å². The second kappa shape index (κ2) is 20.4. The molecule has 1 heterocycles. The normalized spacial score (nSPS) is 10.9. The topological polar surface area (TPSA) is 11.4 Å². The average molecular weight is 780 g/mol. The molecule has 0 aliphatic rings. The second-order valence-corrected chi connectivity index (χ2v) is 14.5. The van der Waals surface area contributed by atoms with Crippen LogP contribution in [0.3, 0.4) is 0 Å². The first-order chi connectivity index (χ1) is 29.6. The van der Waals surface area contributed by atoms with E-state index in [0.29, 0.717) is 0 Å². The molecule has 0 N–H and O–H groups in total. The summed E-state index contributed by atoms with van der Waals surface area (Å²) in [5.41, 5.74) is 13.4. The Morgan fingerprint density at radius 2 is 0.750 bits per heavy atom. The Morgan fingerprint density at radius 1 is 0.383 bits per heavy atom. The van der Waals surface area contributed by atoms with Gasteiger partial charge >= 0.3 is 0 Å². The summed E-state index contributed by atoms with van der Waals surface area (Å²) in [4.78, 5) is 4.53. The predicted molar refractivity (Wildman–Crippen MR) is 262 cm³/mol. The van der Waals surface area contributed by atoms with Crippen molar-refractivity contribution in [1.29, 1.82) is 0 Å². The lowest BCUT2D eigenvalue weighted by Crippen LogP contribution is -2.09. The van der Waals surface area contributed by atoms with Crippen molar-refractivity contribution in [1.82, 2.24) is 4.57 Å². The molecule has 9 aromatic rings. The molecule has 0 aliphatic carbocycles. The van der Waals surface area contributed by atoms with Gasteiger partial charge in [-0.25, -0.2) is 0 Å². The Hall–Kier alpha value is -7.36. The number of para-hydroxylation sites is 5. The fourth-order valence-corrected chi connectivity index (χ4v) is 7.53. The van der Waals surface area contributed by atoms with Gasteiger partial charge in [-0.2, -0.15) is 0 Å². The Bertz CT molecular complexity index is 2650. The molecule has 0 saturated carbocycles. The second-order valence-electron chi connectivity index (χ2n) is 14.5. The molecule has 8 aromatic carbocycles. The smallest absolute Gasteiger partial charge is 0.0491 e. The third-order valence-corrected chi connectivity index (χ3v) is 10.3. The molecular formula is C57H53N3. The maximum absolute atomic E-state index is 2.38. The lowest BCUT2D eigenvalue weighted by Gasteiger charge is -2.25. The molecule has 0 radical (unpaired) electrons. The van der Waals surface area contributed by atoms with E-state index < -0.39 is 0 Å². The Balaban J connectivity index is 0.000000137. The quantitative estimate of drug-likeness (QED) is 0.145. The summed E-state index contributed by atoms with van der Waals surface area (Å²) in [5.74, 6) is 0. The third-order valence-electron chi connectivity index (χ3n) is 10.3. The molecule has 0 atom stereocenters. The first-order valence-corrected chi connectivity index (χ1v) is 20.8. The van der Waals surface area contributed by atoms with E-state index in [-0.39, 0.29) is 0 Å². The summed E-state index contributed by atoms with van der Waals surface area (Å²) in [7, 11) is 0. The van der Waals surface area contributed by atoms with Crippen LogP contribution < -0.4 is 9.80 Å². The number of hydrogen-bond donors (Lipinski definition) is 0. The van der Waals surface area contributed by atoms with Gasteiger partial charge in [0.15, 0.2) is 0 Å². The van der Waals surface area contributed by atoms with E-state index in [1.807, 2.05) is 31.2 Å². The molecule has 9 rings (SSSR count). The molecule has 0 spiro atoms. The van der Waals surface area contributed by atoms with Crippen LogP contribution in [-0.4, -0.2) is 4.57 Å². The summed E-state index contributed by atoms with van der Waals surface area (Å²) in [6, 6.07) is 74.4. The van der Waals surface area contributed by atoms with Crippen LogP contribution in [0, 0.1) is 6.92 Å². The number of aromatic nitrogens is 1. The molecule has 0 saturated heterocycles. The van der Waals surface area contributed by atoms with E-state index in [0.717, 1.165) is 23.6 Å². The molecule has 0 aliphatic heterocycles. The zero-order valence-electron chi connectivity index (χ0n) is 35.1. The van der Waals surface area contributed by atoms with E-state index >= 15 is 0 Å². The van der Waals surface area contributed by atoms with Gasteiger partial charge < -0.3 is 14.4 Å². The number of nitrogens with zero attached hydrogens (tertiary/aromatic N) is 3. The fraction of sp³-hybridized carbons (Fsp3) is 0.0877. The first kappa shape index (κ1) is 40.8. The van der Waals surface area contributed by atoms with E-state index in [1.165, 1.54) is 55.6 Å². The maximum atomic E-state index is 2.38. The number of anilines is 6. The third kappa shape index (κ3) is 9.83. The summed E-state index contributed by atoms with van der Waals surface area (Å²) < 4.78 is 2.38. The van der Waals surface area contributed by atoms with Crippen molar-refractivity contribution in [2.24, 2.45) is 0 Å². The van der Waals surface area contributed by atoms with Gasteiger partial charge in [-0.05, 0) is 130 Å². The van der Waals surface area contributed by atoms with E-state index in [1.54, 1.807) is 0 Å². The number of aryl methyl sites for hydroxylation is 2. The van der Waals surface area contributed by atoms with Crippen molar-refractivity contribution in [2.75, 3.05) is 9.80 Å². The largest absolute Gasteiger partial charge is 0.341 e. The predicted octanol–water partition coefficient (Wildman–Crippen LogP) is 16.5. The van der Waals surface area contributed by atoms with Gasteiger partial charge in [-0.1, -0.05) is 151 Å². The summed E-state index contributed by atoms with van der Waals surface area (Å²) in [6.07, 6.45) is 8.40. The van der Waals surface area contributed by atoms with Crippen molar-refractivity contribution in [3.05, 3.63) is 241 Å². The highest BCUT2D eigenvalue weighted by Gasteiger charge is 2.13. The Kier molecular flexibility index (Phi) is 13.9. The number of hydrogen-bond acceptors (Lipinski definition) is 2. The summed E-state index contributed by atoms with van der Waals surface area (Å²) in [6.45, 7) is 9.41.